The number of hydrogen-bond donors (Lipinski definition) is 1. The third-order valence-electron chi connectivity index (χ3n) is 3.55. The molecule has 1 aliphatic rings. The molecule has 126 valence electrons. The standard InChI is InChI=1S/C19H15ClN2O3/c20-18-10-17(23)16(11-21-18)19(24)22-14-6-8-15(9-7-14)25-12-13-4-2-1-3-5-13/h1-9,11H,10,12H2,(H,22,24). The second-order valence-electron chi connectivity index (χ2n) is 5.40. The zero-order valence-electron chi connectivity index (χ0n) is 13.2. The number of halogens is 1. The van der Waals surface area contributed by atoms with Crippen LogP contribution in [-0.2, 0) is 16.2 Å². The molecule has 1 aliphatic heterocycles. The molecule has 0 unspecified atom stereocenters. The summed E-state index contributed by atoms with van der Waals surface area (Å²) in [7, 11) is 0. The summed E-state index contributed by atoms with van der Waals surface area (Å²) in [5.41, 5.74) is 1.63. The van der Waals surface area contributed by atoms with Crippen LogP contribution in [-0.4, -0.2) is 16.9 Å². The minimum absolute atomic E-state index is 0.00574. The quantitative estimate of drug-likeness (QED) is 0.832. The second kappa shape index (κ2) is 7.77. The molecule has 3 rings (SSSR count). The first-order chi connectivity index (χ1) is 12.1. The first-order valence-corrected chi connectivity index (χ1v) is 8.03. The average Bonchev–Trinajstić information content (AvgIpc) is 2.62. The minimum Gasteiger partial charge on any atom is -0.489 e. The number of rotatable bonds is 5. The Morgan fingerprint density at radius 3 is 2.52 bits per heavy atom. The smallest absolute Gasteiger partial charge is 0.260 e. The van der Waals surface area contributed by atoms with E-state index in [1.807, 2.05) is 30.3 Å². The number of anilines is 1. The molecule has 0 radical (unpaired) electrons. The number of benzene rings is 2. The summed E-state index contributed by atoms with van der Waals surface area (Å²) in [6.07, 6.45) is 1.15. The molecule has 1 N–H and O–H groups in total. The molecule has 6 heteroatoms. The van der Waals surface area contributed by atoms with E-state index < -0.39 is 5.91 Å². The zero-order chi connectivity index (χ0) is 17.6. The molecule has 1 heterocycles. The highest BCUT2D eigenvalue weighted by Crippen LogP contribution is 2.19. The highest BCUT2D eigenvalue weighted by molar-refractivity contribution is 6.67. The number of carbonyl (C=O) groups excluding carboxylic acids is 2. The fourth-order valence-corrected chi connectivity index (χ4v) is 2.41. The molecule has 0 atom stereocenters. The maximum Gasteiger partial charge on any atom is 0.260 e. The van der Waals surface area contributed by atoms with Crippen LogP contribution in [0.3, 0.4) is 0 Å². The van der Waals surface area contributed by atoms with Crippen LogP contribution in [0.2, 0.25) is 0 Å². The highest BCUT2D eigenvalue weighted by atomic mass is 35.5. The van der Waals surface area contributed by atoms with Gasteiger partial charge in [0, 0.05) is 11.9 Å². The van der Waals surface area contributed by atoms with Gasteiger partial charge in [0.15, 0.2) is 5.78 Å². The van der Waals surface area contributed by atoms with Gasteiger partial charge in [-0.3, -0.25) is 9.59 Å². The first-order valence-electron chi connectivity index (χ1n) is 7.65. The van der Waals surface area contributed by atoms with Crippen LogP contribution in [0.5, 0.6) is 5.75 Å². The second-order valence-corrected chi connectivity index (χ2v) is 5.84. The molecule has 1 amide bonds. The number of aliphatic imine (C=N–C) groups is 1. The largest absolute Gasteiger partial charge is 0.489 e. The molecule has 25 heavy (non-hydrogen) atoms. The fraction of sp³-hybridized carbons (Fsp3) is 0.105. The molecule has 0 bridgehead atoms. The van der Waals surface area contributed by atoms with Gasteiger partial charge in [-0.1, -0.05) is 41.9 Å². The Kier molecular flexibility index (Phi) is 5.26. The number of Topliss-reactive ketones (excluding diaryl/α,β-unsaturated/α-hetero) is 1. The Morgan fingerprint density at radius 2 is 1.84 bits per heavy atom. The third kappa shape index (κ3) is 4.55. The van der Waals surface area contributed by atoms with Crippen molar-refractivity contribution in [2.75, 3.05) is 5.32 Å². The van der Waals surface area contributed by atoms with Crippen molar-refractivity contribution in [3.05, 3.63) is 71.9 Å². The van der Waals surface area contributed by atoms with Crippen LogP contribution in [0.4, 0.5) is 5.69 Å². The minimum atomic E-state index is -0.504. The van der Waals surface area contributed by atoms with Crippen LogP contribution in [0.1, 0.15) is 12.0 Å². The summed E-state index contributed by atoms with van der Waals surface area (Å²) in [5, 5.41) is 2.84. The number of ether oxygens (including phenoxy) is 1. The summed E-state index contributed by atoms with van der Waals surface area (Å²) in [4.78, 5) is 27.7. The summed E-state index contributed by atoms with van der Waals surface area (Å²) in [5.74, 6) is -0.164. The molecule has 0 aromatic heterocycles. The average molecular weight is 355 g/mol. The van der Waals surface area contributed by atoms with Crippen molar-refractivity contribution in [2.24, 2.45) is 4.99 Å². The Bertz CT molecular complexity index is 843. The lowest BCUT2D eigenvalue weighted by molar-refractivity contribution is -0.119. The van der Waals surface area contributed by atoms with Crippen molar-refractivity contribution >= 4 is 34.1 Å². The van der Waals surface area contributed by atoms with Gasteiger partial charge in [-0.15, -0.1) is 0 Å². The topological polar surface area (TPSA) is 67.8 Å². The van der Waals surface area contributed by atoms with Crippen molar-refractivity contribution in [3.63, 3.8) is 0 Å². The van der Waals surface area contributed by atoms with E-state index in [1.165, 1.54) is 6.20 Å². The van der Waals surface area contributed by atoms with Crippen LogP contribution in [0, 0.1) is 0 Å². The van der Waals surface area contributed by atoms with Crippen molar-refractivity contribution in [2.45, 2.75) is 13.0 Å². The van der Waals surface area contributed by atoms with Crippen molar-refractivity contribution in [1.29, 1.82) is 0 Å². The Balaban J connectivity index is 1.59. The predicted octanol–water partition coefficient (Wildman–Crippen LogP) is 3.70. The number of ketones is 1. The van der Waals surface area contributed by atoms with Crippen LogP contribution in [0.15, 0.2) is 71.4 Å². The predicted molar refractivity (Wildman–Crippen MR) is 96.8 cm³/mol. The molecule has 2 aromatic carbocycles. The van der Waals surface area contributed by atoms with Gasteiger partial charge in [0.2, 0.25) is 0 Å². The Labute approximate surface area is 150 Å². The van der Waals surface area contributed by atoms with E-state index in [0.29, 0.717) is 18.0 Å². The number of hydrogen-bond acceptors (Lipinski definition) is 4. The van der Waals surface area contributed by atoms with Crippen LogP contribution >= 0.6 is 11.6 Å². The van der Waals surface area contributed by atoms with Crippen molar-refractivity contribution in [1.82, 2.24) is 0 Å². The van der Waals surface area contributed by atoms with E-state index in [9.17, 15) is 9.59 Å². The van der Waals surface area contributed by atoms with Gasteiger partial charge in [0.25, 0.3) is 5.91 Å². The summed E-state index contributed by atoms with van der Waals surface area (Å²) >= 11 is 5.67. The van der Waals surface area contributed by atoms with Gasteiger partial charge in [0.05, 0.1) is 6.42 Å². The molecular weight excluding hydrogens is 340 g/mol. The van der Waals surface area contributed by atoms with E-state index in [0.717, 1.165) is 5.56 Å². The normalized spacial score (nSPS) is 13.7. The molecule has 0 saturated carbocycles. The van der Waals surface area contributed by atoms with Gasteiger partial charge in [-0.2, -0.15) is 0 Å². The van der Waals surface area contributed by atoms with Crippen molar-refractivity contribution in [3.8, 4) is 5.75 Å². The van der Waals surface area contributed by atoms with Crippen LogP contribution < -0.4 is 10.1 Å². The summed E-state index contributed by atoms with van der Waals surface area (Å²) in [6, 6.07) is 16.8. The molecule has 0 fully saturated rings. The molecule has 2 aromatic rings. The van der Waals surface area contributed by atoms with Gasteiger partial charge in [-0.05, 0) is 29.8 Å². The maximum atomic E-state index is 12.1. The third-order valence-corrected chi connectivity index (χ3v) is 3.78. The zero-order valence-corrected chi connectivity index (χ0v) is 14.0. The van der Waals surface area contributed by atoms with Gasteiger partial charge in [0.1, 0.15) is 23.1 Å². The first kappa shape index (κ1) is 16.9. The summed E-state index contributed by atoms with van der Waals surface area (Å²) in [6.45, 7) is 0.465. The van der Waals surface area contributed by atoms with E-state index in [2.05, 4.69) is 10.3 Å². The lowest BCUT2D eigenvalue weighted by Gasteiger charge is -2.11. The Hall–Kier alpha value is -2.92. The number of amides is 1. The van der Waals surface area contributed by atoms with Crippen LogP contribution in [0.25, 0.3) is 0 Å². The van der Waals surface area contributed by atoms with E-state index in [1.54, 1.807) is 24.3 Å². The lowest BCUT2D eigenvalue weighted by atomic mass is 10.1. The molecule has 0 spiro atoms. The number of nitrogens with zero attached hydrogens (tertiary/aromatic N) is 1. The molecular formula is C19H15ClN2O3. The SMILES string of the molecule is O=C1CC(Cl)=NC=C1C(=O)Nc1ccc(OCc2ccccc2)cc1. The fourth-order valence-electron chi connectivity index (χ4n) is 2.24. The highest BCUT2D eigenvalue weighted by Gasteiger charge is 2.22. The number of nitrogens with one attached hydrogen (secondary N) is 1. The molecule has 0 saturated heterocycles. The van der Waals surface area contributed by atoms with Crippen molar-refractivity contribution < 1.29 is 14.3 Å². The monoisotopic (exact) mass is 354 g/mol. The Morgan fingerprint density at radius 1 is 1.12 bits per heavy atom. The molecule has 0 aliphatic carbocycles. The summed E-state index contributed by atoms with van der Waals surface area (Å²) < 4.78 is 5.69. The lowest BCUT2D eigenvalue weighted by Crippen LogP contribution is -2.23. The van der Waals surface area contributed by atoms with E-state index in [4.69, 9.17) is 16.3 Å². The van der Waals surface area contributed by atoms with E-state index in [-0.39, 0.29) is 22.9 Å². The number of carbonyl (C=O) groups is 2. The van der Waals surface area contributed by atoms with Gasteiger partial charge >= 0.3 is 0 Å². The van der Waals surface area contributed by atoms with E-state index >= 15 is 0 Å². The molecule has 5 nitrogen and oxygen atoms in total. The van der Waals surface area contributed by atoms with Gasteiger partial charge < -0.3 is 10.1 Å². The maximum absolute atomic E-state index is 12.1. The van der Waals surface area contributed by atoms with Gasteiger partial charge in [-0.25, -0.2) is 4.99 Å².